The van der Waals surface area contributed by atoms with Gasteiger partial charge in [0.25, 0.3) is 0 Å². The van der Waals surface area contributed by atoms with Crippen molar-refractivity contribution in [2.45, 2.75) is 6.61 Å². The zero-order valence-corrected chi connectivity index (χ0v) is 19.2. The van der Waals surface area contributed by atoms with E-state index < -0.39 is 0 Å². The summed E-state index contributed by atoms with van der Waals surface area (Å²) in [6.07, 6.45) is 2.63. The molecular weight excluding hydrogens is 469 g/mol. The first-order chi connectivity index (χ1) is 17.0. The average molecular weight is 490 g/mol. The van der Waals surface area contributed by atoms with Crippen LogP contribution in [-0.4, -0.2) is 15.9 Å². The Morgan fingerprint density at radius 1 is 0.943 bits per heavy atom. The predicted molar refractivity (Wildman–Crippen MR) is 136 cm³/mol. The van der Waals surface area contributed by atoms with E-state index in [2.05, 4.69) is 32.5 Å². The number of nitrogens with one attached hydrogen (secondary N) is 3. The Labute approximate surface area is 206 Å². The molecule has 4 aromatic rings. The lowest BCUT2D eigenvalue weighted by molar-refractivity contribution is -0.111. The third kappa shape index (κ3) is 6.78. The molecular formula is C26H21ClFN5O2. The molecule has 0 unspecified atom stereocenters. The second kappa shape index (κ2) is 11.1. The van der Waals surface area contributed by atoms with Crippen LogP contribution in [0.15, 0.2) is 91.8 Å². The normalized spacial score (nSPS) is 10.3. The van der Waals surface area contributed by atoms with Gasteiger partial charge in [0, 0.05) is 23.1 Å². The lowest BCUT2D eigenvalue weighted by Gasteiger charge is -2.12. The fraction of sp³-hybridized carbons (Fsp3) is 0.0385. The number of anilines is 5. The summed E-state index contributed by atoms with van der Waals surface area (Å²) in [6.45, 7) is 3.64. The van der Waals surface area contributed by atoms with E-state index in [0.717, 1.165) is 5.69 Å². The molecule has 0 bridgehead atoms. The number of halogens is 2. The highest BCUT2D eigenvalue weighted by atomic mass is 35.5. The Balaban J connectivity index is 1.40. The molecule has 0 fully saturated rings. The number of nitrogens with zero attached hydrogens (tertiary/aromatic N) is 2. The van der Waals surface area contributed by atoms with Crippen LogP contribution in [0.5, 0.6) is 5.75 Å². The molecule has 0 spiro atoms. The van der Waals surface area contributed by atoms with Gasteiger partial charge >= 0.3 is 0 Å². The maximum atomic E-state index is 13.3. The van der Waals surface area contributed by atoms with E-state index in [9.17, 15) is 9.18 Å². The molecule has 0 saturated heterocycles. The van der Waals surface area contributed by atoms with Crippen LogP contribution in [0.1, 0.15) is 5.56 Å². The lowest BCUT2D eigenvalue weighted by atomic mass is 10.2. The number of carbonyl (C=O) groups is 1. The van der Waals surface area contributed by atoms with Crippen molar-refractivity contribution in [3.63, 3.8) is 0 Å². The van der Waals surface area contributed by atoms with Gasteiger partial charge in [-0.25, -0.2) is 14.4 Å². The zero-order chi connectivity index (χ0) is 24.6. The molecule has 0 aliphatic rings. The molecule has 0 saturated carbocycles. The Morgan fingerprint density at radius 2 is 1.66 bits per heavy atom. The van der Waals surface area contributed by atoms with Gasteiger partial charge in [0.05, 0.1) is 5.02 Å². The first kappa shape index (κ1) is 23.7. The summed E-state index contributed by atoms with van der Waals surface area (Å²) in [5.74, 6) is 0.969. The van der Waals surface area contributed by atoms with Crippen LogP contribution in [0, 0.1) is 5.82 Å². The van der Waals surface area contributed by atoms with Crippen molar-refractivity contribution < 1.29 is 13.9 Å². The Morgan fingerprint density at radius 3 is 2.37 bits per heavy atom. The van der Waals surface area contributed by atoms with Crippen molar-refractivity contribution in [3.8, 4) is 5.75 Å². The van der Waals surface area contributed by atoms with E-state index in [4.69, 9.17) is 16.3 Å². The third-order valence-corrected chi connectivity index (χ3v) is 5.04. The minimum absolute atomic E-state index is 0.198. The van der Waals surface area contributed by atoms with E-state index >= 15 is 0 Å². The van der Waals surface area contributed by atoms with Gasteiger partial charge in [-0.2, -0.15) is 0 Å². The molecule has 1 heterocycles. The van der Waals surface area contributed by atoms with Gasteiger partial charge in [0.15, 0.2) is 0 Å². The minimum atomic E-state index is -0.317. The van der Waals surface area contributed by atoms with Crippen molar-refractivity contribution in [2.24, 2.45) is 0 Å². The van der Waals surface area contributed by atoms with Crippen LogP contribution < -0.4 is 20.7 Å². The molecule has 0 radical (unpaired) electrons. The number of carbonyl (C=O) groups excluding carboxylic acids is 1. The van der Waals surface area contributed by atoms with Gasteiger partial charge in [0.1, 0.15) is 36.1 Å². The van der Waals surface area contributed by atoms with Crippen molar-refractivity contribution >= 4 is 46.2 Å². The number of aromatic nitrogens is 2. The standard InChI is InChI=1S/C26H21ClFN5O2/c1-2-26(34)33-20-8-4-7-19(12-20)31-24-14-25(30-16-29-24)32-21-9-10-23(22(27)13-21)35-15-17-5-3-6-18(28)11-17/h2-14,16H,1,15H2,(H,33,34)(H2,29,30,31,32). The summed E-state index contributed by atoms with van der Waals surface area (Å²) in [4.78, 5) is 20.0. The zero-order valence-electron chi connectivity index (χ0n) is 18.5. The molecule has 0 atom stereocenters. The van der Waals surface area contributed by atoms with Crippen LogP contribution in [0.2, 0.25) is 5.02 Å². The molecule has 0 aliphatic carbocycles. The van der Waals surface area contributed by atoms with E-state index in [0.29, 0.717) is 39.3 Å². The molecule has 0 aliphatic heterocycles. The molecule has 35 heavy (non-hydrogen) atoms. The highest BCUT2D eigenvalue weighted by Crippen LogP contribution is 2.30. The highest BCUT2D eigenvalue weighted by molar-refractivity contribution is 6.32. The molecule has 3 N–H and O–H groups in total. The Hall–Kier alpha value is -4.43. The maximum Gasteiger partial charge on any atom is 0.247 e. The first-order valence-electron chi connectivity index (χ1n) is 10.5. The largest absolute Gasteiger partial charge is 0.487 e. The summed E-state index contributed by atoms with van der Waals surface area (Å²) >= 11 is 6.37. The van der Waals surface area contributed by atoms with E-state index in [1.165, 1.54) is 24.5 Å². The van der Waals surface area contributed by atoms with Crippen LogP contribution in [0.25, 0.3) is 0 Å². The van der Waals surface area contributed by atoms with E-state index in [-0.39, 0.29) is 18.3 Å². The maximum absolute atomic E-state index is 13.3. The fourth-order valence-corrected chi connectivity index (χ4v) is 3.38. The van der Waals surface area contributed by atoms with Crippen LogP contribution in [0.4, 0.5) is 33.1 Å². The van der Waals surface area contributed by atoms with Gasteiger partial charge < -0.3 is 20.7 Å². The van der Waals surface area contributed by atoms with Crippen LogP contribution in [-0.2, 0) is 11.4 Å². The Bertz CT molecular complexity index is 1370. The lowest BCUT2D eigenvalue weighted by Crippen LogP contribution is -2.07. The SMILES string of the molecule is C=CC(=O)Nc1cccc(Nc2cc(Nc3ccc(OCc4cccc(F)c4)c(Cl)c3)ncn2)c1. The van der Waals surface area contributed by atoms with Gasteiger partial charge in [-0.1, -0.05) is 36.4 Å². The number of amides is 1. The number of hydrogen-bond acceptors (Lipinski definition) is 6. The number of hydrogen-bond donors (Lipinski definition) is 3. The number of benzene rings is 3. The molecule has 4 rings (SSSR count). The van der Waals surface area contributed by atoms with E-state index in [1.807, 2.05) is 6.07 Å². The topological polar surface area (TPSA) is 88.2 Å². The van der Waals surface area contributed by atoms with Crippen molar-refractivity contribution in [2.75, 3.05) is 16.0 Å². The van der Waals surface area contributed by atoms with E-state index in [1.54, 1.807) is 54.6 Å². The van der Waals surface area contributed by atoms with Gasteiger partial charge in [0.2, 0.25) is 5.91 Å². The quantitative estimate of drug-likeness (QED) is 0.234. The average Bonchev–Trinajstić information content (AvgIpc) is 2.84. The summed E-state index contributed by atoms with van der Waals surface area (Å²) in [6, 6.07) is 20.4. The third-order valence-electron chi connectivity index (χ3n) is 4.74. The molecule has 176 valence electrons. The van der Waals surface area contributed by atoms with Crippen molar-refractivity contribution in [1.82, 2.24) is 9.97 Å². The van der Waals surface area contributed by atoms with Gasteiger partial charge in [-0.15, -0.1) is 0 Å². The molecule has 9 heteroatoms. The minimum Gasteiger partial charge on any atom is -0.487 e. The number of rotatable bonds is 9. The fourth-order valence-electron chi connectivity index (χ4n) is 3.14. The molecule has 3 aromatic carbocycles. The van der Waals surface area contributed by atoms with Gasteiger partial charge in [-0.05, 0) is 60.2 Å². The summed E-state index contributed by atoms with van der Waals surface area (Å²) in [5, 5.41) is 9.46. The summed E-state index contributed by atoms with van der Waals surface area (Å²) < 4.78 is 19.1. The van der Waals surface area contributed by atoms with Crippen LogP contribution in [0.3, 0.4) is 0 Å². The highest BCUT2D eigenvalue weighted by Gasteiger charge is 2.07. The predicted octanol–water partition coefficient (Wildman–Crippen LogP) is 6.46. The van der Waals surface area contributed by atoms with Crippen LogP contribution >= 0.6 is 11.6 Å². The first-order valence-corrected chi connectivity index (χ1v) is 10.9. The van der Waals surface area contributed by atoms with Gasteiger partial charge in [-0.3, -0.25) is 4.79 Å². The molecule has 1 aromatic heterocycles. The molecule has 7 nitrogen and oxygen atoms in total. The summed E-state index contributed by atoms with van der Waals surface area (Å²) in [7, 11) is 0. The smallest absolute Gasteiger partial charge is 0.247 e. The second-order valence-electron chi connectivity index (χ2n) is 7.38. The second-order valence-corrected chi connectivity index (χ2v) is 7.78. The molecule has 1 amide bonds. The monoisotopic (exact) mass is 489 g/mol. The Kier molecular flexibility index (Phi) is 7.54. The summed E-state index contributed by atoms with van der Waals surface area (Å²) in [5.41, 5.74) is 2.77. The number of ether oxygens (including phenoxy) is 1. The van der Waals surface area contributed by atoms with Crippen molar-refractivity contribution in [3.05, 3.63) is 108 Å². The van der Waals surface area contributed by atoms with Crippen molar-refractivity contribution in [1.29, 1.82) is 0 Å².